The summed E-state index contributed by atoms with van der Waals surface area (Å²) in [6.07, 6.45) is 6.95. The number of aromatic nitrogens is 3. The van der Waals surface area contributed by atoms with Crippen molar-refractivity contribution in [1.29, 1.82) is 0 Å². The first-order chi connectivity index (χ1) is 8.61. The molecule has 2 rings (SSSR count). The maximum Gasteiger partial charge on any atom is 0.129 e. The molecule has 0 aliphatic heterocycles. The first kappa shape index (κ1) is 13.2. The molecule has 98 valence electrons. The van der Waals surface area contributed by atoms with Gasteiger partial charge in [0.2, 0.25) is 0 Å². The molecule has 5 heteroatoms. The van der Waals surface area contributed by atoms with Gasteiger partial charge >= 0.3 is 0 Å². The van der Waals surface area contributed by atoms with E-state index in [9.17, 15) is 5.11 Å². The molecule has 0 spiro atoms. The Morgan fingerprint density at radius 1 is 1.50 bits per heavy atom. The van der Waals surface area contributed by atoms with Gasteiger partial charge in [0.1, 0.15) is 11.0 Å². The van der Waals surface area contributed by atoms with Crippen molar-refractivity contribution >= 4 is 11.6 Å². The molecule has 1 atom stereocenters. The summed E-state index contributed by atoms with van der Waals surface area (Å²) in [5.41, 5.74) is 0.956. The molecule has 0 aliphatic carbocycles. The monoisotopic (exact) mass is 267 g/mol. The Kier molecular flexibility index (Phi) is 4.09. The third-order valence-electron chi connectivity index (χ3n) is 3.07. The Bertz CT molecular complexity index is 518. The van der Waals surface area contributed by atoms with Gasteiger partial charge in [0.05, 0.1) is 18.8 Å². The van der Waals surface area contributed by atoms with Gasteiger partial charge in [-0.1, -0.05) is 24.9 Å². The number of imidazole rings is 1. The van der Waals surface area contributed by atoms with E-state index in [0.717, 1.165) is 24.2 Å². The molecule has 18 heavy (non-hydrogen) atoms. The van der Waals surface area contributed by atoms with Crippen molar-refractivity contribution in [2.75, 3.05) is 0 Å². The Morgan fingerprint density at radius 3 is 2.89 bits per heavy atom. The zero-order valence-corrected chi connectivity index (χ0v) is 11.4. The predicted octanol–water partition coefficient (Wildman–Crippen LogP) is 2.76. The van der Waals surface area contributed by atoms with Crippen LogP contribution in [0.25, 0.3) is 0 Å². The molecular weight excluding hydrogens is 250 g/mol. The molecule has 0 bridgehead atoms. The molecule has 1 unspecified atom stereocenters. The van der Waals surface area contributed by atoms with Crippen molar-refractivity contribution in [1.82, 2.24) is 14.1 Å². The molecule has 0 aromatic carbocycles. The van der Waals surface area contributed by atoms with Crippen molar-refractivity contribution in [3.63, 3.8) is 0 Å². The van der Waals surface area contributed by atoms with Crippen LogP contribution in [-0.2, 0) is 13.6 Å². The van der Waals surface area contributed by atoms with E-state index < -0.39 is 0 Å². The van der Waals surface area contributed by atoms with E-state index in [4.69, 9.17) is 11.6 Å². The van der Waals surface area contributed by atoms with Crippen LogP contribution in [0, 0.1) is 0 Å². The van der Waals surface area contributed by atoms with E-state index in [-0.39, 0.29) is 6.10 Å². The minimum Gasteiger partial charge on any atom is -0.388 e. The van der Waals surface area contributed by atoms with Crippen LogP contribution in [0.4, 0.5) is 0 Å². The van der Waals surface area contributed by atoms with E-state index in [2.05, 4.69) is 11.9 Å². The second kappa shape index (κ2) is 5.59. The second-order valence-electron chi connectivity index (χ2n) is 4.48. The number of aliphatic hydroxyl groups excluding tert-OH is 1. The lowest BCUT2D eigenvalue weighted by atomic mass is 10.1. The Hall–Kier alpha value is -1.26. The van der Waals surface area contributed by atoms with Gasteiger partial charge < -0.3 is 14.2 Å². The Balaban J connectivity index is 2.09. The van der Waals surface area contributed by atoms with Crippen LogP contribution in [0.2, 0.25) is 5.15 Å². The third kappa shape index (κ3) is 2.76. The minimum atomic E-state index is -0.374. The molecule has 0 saturated carbocycles. The molecule has 0 fully saturated rings. The van der Waals surface area contributed by atoms with Gasteiger partial charge in [-0.25, -0.2) is 4.98 Å². The lowest BCUT2D eigenvalue weighted by molar-refractivity contribution is 0.166. The third-order valence-corrected chi connectivity index (χ3v) is 3.42. The standard InChI is InChI=1S/C13H18ClN3O/c1-3-4-11(18)10-5-6-17(8-10)9-13-15-7-12(14)16(13)2/h5-8,11,18H,3-4,9H2,1-2H3. The SMILES string of the molecule is CCCC(O)c1ccn(Cc2ncc(Cl)n2C)c1. The van der Waals surface area contributed by atoms with Gasteiger partial charge in [-0.05, 0) is 18.1 Å². The normalized spacial score (nSPS) is 12.9. The number of halogens is 1. The summed E-state index contributed by atoms with van der Waals surface area (Å²) in [7, 11) is 1.89. The summed E-state index contributed by atoms with van der Waals surface area (Å²) >= 11 is 5.94. The highest BCUT2D eigenvalue weighted by Gasteiger charge is 2.09. The summed E-state index contributed by atoms with van der Waals surface area (Å²) in [5, 5.41) is 10.5. The van der Waals surface area contributed by atoms with Crippen LogP contribution in [0.3, 0.4) is 0 Å². The molecule has 4 nitrogen and oxygen atoms in total. The molecule has 0 amide bonds. The van der Waals surface area contributed by atoms with E-state index in [1.807, 2.05) is 34.6 Å². The van der Waals surface area contributed by atoms with Gasteiger partial charge in [0.25, 0.3) is 0 Å². The van der Waals surface area contributed by atoms with Crippen LogP contribution in [0.15, 0.2) is 24.7 Å². The smallest absolute Gasteiger partial charge is 0.129 e. The van der Waals surface area contributed by atoms with Gasteiger partial charge in [-0.2, -0.15) is 0 Å². The zero-order chi connectivity index (χ0) is 13.1. The first-order valence-electron chi connectivity index (χ1n) is 6.11. The van der Waals surface area contributed by atoms with Crippen LogP contribution in [-0.4, -0.2) is 19.2 Å². The van der Waals surface area contributed by atoms with Crippen LogP contribution >= 0.6 is 11.6 Å². The molecule has 2 heterocycles. The summed E-state index contributed by atoms with van der Waals surface area (Å²) in [4.78, 5) is 4.25. The number of hydrogen-bond acceptors (Lipinski definition) is 2. The number of rotatable bonds is 5. The van der Waals surface area contributed by atoms with Gasteiger partial charge in [0, 0.05) is 19.4 Å². The Morgan fingerprint density at radius 2 is 2.28 bits per heavy atom. The van der Waals surface area contributed by atoms with Gasteiger partial charge in [-0.3, -0.25) is 0 Å². The van der Waals surface area contributed by atoms with Gasteiger partial charge in [0.15, 0.2) is 0 Å². The fourth-order valence-electron chi connectivity index (χ4n) is 1.93. The molecular formula is C13H18ClN3O. The van der Waals surface area contributed by atoms with Crippen molar-refractivity contribution in [3.8, 4) is 0 Å². The molecule has 1 N–H and O–H groups in total. The van der Waals surface area contributed by atoms with E-state index in [1.54, 1.807) is 6.20 Å². The average Bonchev–Trinajstić information content (AvgIpc) is 2.92. The van der Waals surface area contributed by atoms with E-state index in [1.165, 1.54) is 0 Å². The zero-order valence-electron chi connectivity index (χ0n) is 10.7. The van der Waals surface area contributed by atoms with Crippen molar-refractivity contribution in [2.45, 2.75) is 32.4 Å². The highest BCUT2D eigenvalue weighted by molar-refractivity contribution is 6.29. The number of hydrogen-bond donors (Lipinski definition) is 1. The Labute approximate surface area is 112 Å². The predicted molar refractivity (Wildman–Crippen MR) is 71.6 cm³/mol. The van der Waals surface area contributed by atoms with Gasteiger partial charge in [-0.15, -0.1) is 0 Å². The highest BCUT2D eigenvalue weighted by Crippen LogP contribution is 2.19. The van der Waals surface area contributed by atoms with E-state index >= 15 is 0 Å². The molecule has 0 aliphatic rings. The van der Waals surface area contributed by atoms with Crippen molar-refractivity contribution < 1.29 is 5.11 Å². The second-order valence-corrected chi connectivity index (χ2v) is 4.87. The topological polar surface area (TPSA) is 43.0 Å². The maximum absolute atomic E-state index is 9.90. The minimum absolute atomic E-state index is 0.374. The van der Waals surface area contributed by atoms with Crippen LogP contribution in [0.5, 0.6) is 0 Å². The van der Waals surface area contributed by atoms with Crippen LogP contribution in [0.1, 0.15) is 37.3 Å². The van der Waals surface area contributed by atoms with Crippen molar-refractivity contribution in [3.05, 3.63) is 41.2 Å². The quantitative estimate of drug-likeness (QED) is 0.905. The summed E-state index contributed by atoms with van der Waals surface area (Å²) in [6.45, 7) is 2.72. The molecule has 0 saturated heterocycles. The summed E-state index contributed by atoms with van der Waals surface area (Å²) in [5.74, 6) is 0.895. The maximum atomic E-state index is 9.90. The van der Waals surface area contributed by atoms with E-state index in [0.29, 0.717) is 11.7 Å². The largest absolute Gasteiger partial charge is 0.388 e. The number of nitrogens with zero attached hydrogens (tertiary/aromatic N) is 3. The summed E-state index contributed by atoms with van der Waals surface area (Å²) < 4.78 is 3.86. The molecule has 0 radical (unpaired) electrons. The average molecular weight is 268 g/mol. The lowest BCUT2D eigenvalue weighted by Crippen LogP contribution is -2.04. The highest BCUT2D eigenvalue weighted by atomic mass is 35.5. The molecule has 2 aromatic rings. The first-order valence-corrected chi connectivity index (χ1v) is 6.49. The van der Waals surface area contributed by atoms with Crippen LogP contribution < -0.4 is 0 Å². The fraction of sp³-hybridized carbons (Fsp3) is 0.462. The fourth-order valence-corrected chi connectivity index (χ4v) is 2.08. The molecule has 2 aromatic heterocycles. The number of aliphatic hydroxyl groups is 1. The summed E-state index contributed by atoms with van der Waals surface area (Å²) in [6, 6.07) is 1.95. The van der Waals surface area contributed by atoms with Crippen molar-refractivity contribution in [2.24, 2.45) is 7.05 Å². The lowest BCUT2D eigenvalue weighted by Gasteiger charge is -2.07.